The van der Waals surface area contributed by atoms with Gasteiger partial charge in [0, 0.05) is 5.92 Å². The van der Waals surface area contributed by atoms with Crippen molar-refractivity contribution in [2.45, 2.75) is 38.1 Å². The van der Waals surface area contributed by atoms with Crippen molar-refractivity contribution in [2.75, 3.05) is 19.7 Å². The molecule has 33 heavy (non-hydrogen) atoms. The fourth-order valence-electron chi connectivity index (χ4n) is 4.40. The maximum atomic E-state index is 13.1. The first-order chi connectivity index (χ1) is 15.8. The molecule has 2 amide bonds. The van der Waals surface area contributed by atoms with Crippen molar-refractivity contribution in [1.82, 2.24) is 10.2 Å². The monoisotopic (exact) mass is 448 g/mol. The molecule has 3 rings (SSSR count). The fraction of sp³-hybridized carbons (Fsp3) is 0.346. The van der Waals surface area contributed by atoms with E-state index in [9.17, 15) is 14.4 Å². The molecule has 0 spiro atoms. The van der Waals surface area contributed by atoms with E-state index in [0.29, 0.717) is 12.8 Å². The second-order valence-electron chi connectivity index (χ2n) is 8.29. The summed E-state index contributed by atoms with van der Waals surface area (Å²) in [5.74, 6) is 0.451. The summed E-state index contributed by atoms with van der Waals surface area (Å²) in [5, 5.41) is 11.8. The van der Waals surface area contributed by atoms with Gasteiger partial charge in [-0.3, -0.25) is 9.59 Å². The maximum Gasteiger partial charge on any atom is 0.408 e. The molecule has 0 radical (unpaired) electrons. The van der Waals surface area contributed by atoms with E-state index in [2.05, 4.69) is 11.2 Å². The molecule has 0 heterocycles. The van der Waals surface area contributed by atoms with Crippen LogP contribution < -0.4 is 5.32 Å². The highest BCUT2D eigenvalue weighted by atomic mass is 16.5. The topological polar surface area (TPSA) is 95.9 Å². The van der Waals surface area contributed by atoms with Crippen LogP contribution >= 0.6 is 0 Å². The summed E-state index contributed by atoms with van der Waals surface area (Å²) in [4.78, 5) is 38.1. The van der Waals surface area contributed by atoms with E-state index in [-0.39, 0.29) is 19.1 Å². The number of nitrogens with zero attached hydrogens (tertiary/aromatic N) is 1. The molecule has 1 atom stereocenters. The fourth-order valence-corrected chi connectivity index (χ4v) is 4.40. The Labute approximate surface area is 193 Å². The lowest BCUT2D eigenvalue weighted by Crippen LogP contribution is -2.58. The standard InChI is InChI=1S/C26H28N2O5/c1-4-14-26(3,24(31)28(15-5-2)16-23(29)30)27-25(32)33-17-22-20-12-8-6-10-18(20)19-11-7-9-13-21(19)22/h2,6-13,22H,4,14-17H2,1,3H3,(H,27,32)(H,29,30). The van der Waals surface area contributed by atoms with Crippen molar-refractivity contribution in [3.8, 4) is 23.5 Å². The Morgan fingerprint density at radius 2 is 1.70 bits per heavy atom. The van der Waals surface area contributed by atoms with E-state index < -0.39 is 30.1 Å². The number of terminal acetylenes is 1. The molecule has 1 aliphatic rings. The van der Waals surface area contributed by atoms with Crippen LogP contribution in [0.1, 0.15) is 43.7 Å². The lowest BCUT2D eigenvalue weighted by molar-refractivity contribution is -0.146. The zero-order valence-electron chi connectivity index (χ0n) is 18.8. The van der Waals surface area contributed by atoms with Crippen LogP contribution in [-0.2, 0) is 14.3 Å². The van der Waals surface area contributed by atoms with Gasteiger partial charge >= 0.3 is 12.1 Å². The summed E-state index contributed by atoms with van der Waals surface area (Å²) >= 11 is 0. The van der Waals surface area contributed by atoms with E-state index >= 15 is 0 Å². The smallest absolute Gasteiger partial charge is 0.408 e. The lowest BCUT2D eigenvalue weighted by Gasteiger charge is -2.33. The number of ether oxygens (including phenoxy) is 1. The van der Waals surface area contributed by atoms with Gasteiger partial charge in [-0.25, -0.2) is 4.79 Å². The van der Waals surface area contributed by atoms with Gasteiger partial charge in [0.2, 0.25) is 5.91 Å². The third-order valence-electron chi connectivity index (χ3n) is 5.84. The van der Waals surface area contributed by atoms with Gasteiger partial charge < -0.3 is 20.1 Å². The highest BCUT2D eigenvalue weighted by molar-refractivity contribution is 5.91. The first kappa shape index (κ1) is 23.9. The Morgan fingerprint density at radius 1 is 1.12 bits per heavy atom. The summed E-state index contributed by atoms with van der Waals surface area (Å²) in [6.45, 7) is 2.82. The molecular weight excluding hydrogens is 420 g/mol. The number of rotatable bonds is 9. The van der Waals surface area contributed by atoms with Crippen molar-refractivity contribution in [1.29, 1.82) is 0 Å². The van der Waals surface area contributed by atoms with E-state index in [1.54, 1.807) is 6.92 Å². The van der Waals surface area contributed by atoms with Crippen LogP contribution in [0.5, 0.6) is 0 Å². The van der Waals surface area contributed by atoms with Gasteiger partial charge in [-0.2, -0.15) is 0 Å². The number of benzene rings is 2. The second-order valence-corrected chi connectivity index (χ2v) is 8.29. The minimum atomic E-state index is -1.34. The minimum absolute atomic E-state index is 0.110. The minimum Gasteiger partial charge on any atom is -0.480 e. The third kappa shape index (κ3) is 5.17. The quantitative estimate of drug-likeness (QED) is 0.571. The van der Waals surface area contributed by atoms with Crippen LogP contribution in [0.4, 0.5) is 4.79 Å². The molecule has 2 N–H and O–H groups in total. The van der Waals surface area contributed by atoms with Gasteiger partial charge in [0.25, 0.3) is 0 Å². The Balaban J connectivity index is 1.74. The largest absolute Gasteiger partial charge is 0.480 e. The Morgan fingerprint density at radius 3 is 2.21 bits per heavy atom. The van der Waals surface area contributed by atoms with Gasteiger partial charge in [-0.05, 0) is 35.6 Å². The molecule has 2 aromatic rings. The van der Waals surface area contributed by atoms with Crippen LogP contribution in [0.15, 0.2) is 48.5 Å². The van der Waals surface area contributed by atoms with Crippen molar-refractivity contribution < 1.29 is 24.2 Å². The summed E-state index contributed by atoms with van der Waals surface area (Å²) in [6.07, 6.45) is 5.46. The molecule has 0 saturated heterocycles. The van der Waals surface area contributed by atoms with Crippen molar-refractivity contribution in [3.05, 3.63) is 59.7 Å². The molecule has 2 aromatic carbocycles. The average molecular weight is 449 g/mol. The van der Waals surface area contributed by atoms with E-state index in [4.69, 9.17) is 16.3 Å². The highest BCUT2D eigenvalue weighted by Crippen LogP contribution is 2.44. The number of amides is 2. The first-order valence-corrected chi connectivity index (χ1v) is 10.9. The van der Waals surface area contributed by atoms with Crippen LogP contribution in [0.3, 0.4) is 0 Å². The molecule has 1 aliphatic carbocycles. The molecule has 0 aromatic heterocycles. The summed E-state index contributed by atoms with van der Waals surface area (Å²) in [7, 11) is 0. The number of alkyl carbamates (subject to hydrolysis) is 1. The molecule has 0 saturated carbocycles. The number of nitrogens with one attached hydrogen (secondary N) is 1. The number of fused-ring (bicyclic) bond motifs is 3. The maximum absolute atomic E-state index is 13.1. The van der Waals surface area contributed by atoms with Gasteiger partial charge in [0.1, 0.15) is 18.7 Å². The van der Waals surface area contributed by atoms with Gasteiger partial charge in [-0.1, -0.05) is 67.8 Å². The van der Waals surface area contributed by atoms with Gasteiger partial charge in [0.05, 0.1) is 6.54 Å². The van der Waals surface area contributed by atoms with E-state index in [1.165, 1.54) is 0 Å². The van der Waals surface area contributed by atoms with Gasteiger partial charge in [0.15, 0.2) is 0 Å². The number of aliphatic carboxylic acids is 1. The molecule has 172 valence electrons. The lowest BCUT2D eigenvalue weighted by atomic mass is 9.94. The van der Waals surface area contributed by atoms with Crippen LogP contribution in [0.25, 0.3) is 11.1 Å². The Hall–Kier alpha value is -3.79. The summed E-state index contributed by atoms with van der Waals surface area (Å²) in [6, 6.07) is 16.0. The average Bonchev–Trinajstić information content (AvgIpc) is 3.10. The van der Waals surface area contributed by atoms with Crippen molar-refractivity contribution in [2.24, 2.45) is 0 Å². The van der Waals surface area contributed by atoms with Crippen molar-refractivity contribution in [3.63, 3.8) is 0 Å². The number of hydrogen-bond donors (Lipinski definition) is 2. The zero-order valence-corrected chi connectivity index (χ0v) is 18.8. The first-order valence-electron chi connectivity index (χ1n) is 10.9. The number of carbonyl (C=O) groups is 3. The third-order valence-corrected chi connectivity index (χ3v) is 5.84. The number of carbonyl (C=O) groups excluding carboxylic acids is 2. The van der Waals surface area contributed by atoms with E-state index in [0.717, 1.165) is 27.2 Å². The van der Waals surface area contributed by atoms with Crippen LogP contribution in [0, 0.1) is 12.3 Å². The molecule has 1 unspecified atom stereocenters. The predicted molar refractivity (Wildman–Crippen MR) is 125 cm³/mol. The Kier molecular flexibility index (Phi) is 7.39. The summed E-state index contributed by atoms with van der Waals surface area (Å²) in [5.41, 5.74) is 3.06. The van der Waals surface area contributed by atoms with Crippen molar-refractivity contribution >= 4 is 18.0 Å². The van der Waals surface area contributed by atoms with Crippen LogP contribution in [-0.4, -0.2) is 53.2 Å². The molecule has 0 bridgehead atoms. The highest BCUT2D eigenvalue weighted by Gasteiger charge is 2.39. The Bertz CT molecular complexity index is 1040. The molecule has 7 heteroatoms. The SMILES string of the molecule is C#CCN(CC(=O)O)C(=O)C(C)(CCC)NC(=O)OCC1c2ccccc2-c2ccccc21. The zero-order chi connectivity index (χ0) is 24.0. The molecular formula is C26H28N2O5. The van der Waals surface area contributed by atoms with Crippen LogP contribution in [0.2, 0.25) is 0 Å². The predicted octanol–water partition coefficient (Wildman–Crippen LogP) is 3.63. The molecule has 7 nitrogen and oxygen atoms in total. The molecule has 0 aliphatic heterocycles. The number of carboxylic acids is 1. The normalized spacial score (nSPS) is 13.7. The van der Waals surface area contributed by atoms with Gasteiger partial charge in [-0.15, -0.1) is 6.42 Å². The second kappa shape index (κ2) is 10.2. The number of hydrogen-bond acceptors (Lipinski definition) is 4. The molecule has 0 fully saturated rings. The number of carboxylic acid groups (broad SMARTS) is 1. The summed E-state index contributed by atoms with van der Waals surface area (Å²) < 4.78 is 5.58. The van der Waals surface area contributed by atoms with E-state index in [1.807, 2.05) is 55.5 Å².